The second-order valence-corrected chi connectivity index (χ2v) is 10.1. The number of nitrogens with one attached hydrogen (secondary N) is 2. The lowest BCUT2D eigenvalue weighted by Crippen LogP contribution is -2.31. The Balaban J connectivity index is 1.48. The third kappa shape index (κ3) is 5.15. The molecule has 2 N–H and O–H groups in total. The molecule has 1 atom stereocenters. The molecule has 4 aromatic rings. The van der Waals surface area contributed by atoms with Crippen LogP contribution in [0.15, 0.2) is 82.7 Å². The van der Waals surface area contributed by atoms with Gasteiger partial charge in [-0.2, -0.15) is 10.1 Å². The number of carbonyl (C=O) groups is 1. The maximum Gasteiger partial charge on any atom is 0.255 e. The fraction of sp³-hybridized carbons (Fsp3) is 0.207. The summed E-state index contributed by atoms with van der Waals surface area (Å²) >= 11 is 3.49. The fourth-order valence-electron chi connectivity index (χ4n) is 4.60. The average Bonchev–Trinajstić information content (AvgIpc) is 3.36. The second-order valence-electron chi connectivity index (χ2n) is 9.20. The molecule has 0 fully saturated rings. The molecule has 1 amide bonds. The molecular formula is C29H28BrN5O3. The van der Waals surface area contributed by atoms with Crippen molar-refractivity contribution in [2.24, 2.45) is 0 Å². The zero-order valence-corrected chi connectivity index (χ0v) is 23.2. The van der Waals surface area contributed by atoms with Gasteiger partial charge < -0.3 is 20.1 Å². The van der Waals surface area contributed by atoms with Gasteiger partial charge in [0.05, 0.1) is 12.7 Å². The molecule has 1 aliphatic heterocycles. The van der Waals surface area contributed by atoms with E-state index in [2.05, 4.69) is 36.6 Å². The van der Waals surface area contributed by atoms with Crippen LogP contribution in [0, 0.1) is 13.8 Å². The SMILES string of the molecule is COc1cc(C2C(C(=O)Nc3ccc(C)cc3C)=C(C)Nc3ncnn32)ccc1OCc1cccc(Br)c1. The average molecular weight is 574 g/mol. The Hall–Kier alpha value is -4.11. The minimum Gasteiger partial charge on any atom is -0.493 e. The number of aryl methyl sites for hydroxylation is 2. The molecule has 1 unspecified atom stereocenters. The Labute approximate surface area is 229 Å². The predicted molar refractivity (Wildman–Crippen MR) is 150 cm³/mol. The van der Waals surface area contributed by atoms with Crippen LogP contribution in [0.3, 0.4) is 0 Å². The summed E-state index contributed by atoms with van der Waals surface area (Å²) in [5, 5.41) is 10.7. The van der Waals surface area contributed by atoms with Gasteiger partial charge in [0.2, 0.25) is 5.95 Å². The van der Waals surface area contributed by atoms with Crippen LogP contribution in [-0.2, 0) is 11.4 Å². The molecule has 0 spiro atoms. The number of methoxy groups -OCH3 is 1. The van der Waals surface area contributed by atoms with Crippen LogP contribution in [0.2, 0.25) is 0 Å². The molecule has 9 heteroatoms. The van der Waals surface area contributed by atoms with E-state index in [1.54, 1.807) is 11.8 Å². The van der Waals surface area contributed by atoms with Crippen LogP contribution in [0.25, 0.3) is 0 Å². The maximum absolute atomic E-state index is 13.7. The van der Waals surface area contributed by atoms with E-state index in [1.165, 1.54) is 6.33 Å². The highest BCUT2D eigenvalue weighted by Crippen LogP contribution is 2.39. The van der Waals surface area contributed by atoms with Gasteiger partial charge in [-0.1, -0.05) is 51.8 Å². The highest BCUT2D eigenvalue weighted by atomic mass is 79.9. The predicted octanol–water partition coefficient (Wildman–Crippen LogP) is 6.17. The standard InChI is InChI=1S/C29H28BrN5O3/c1-17-8-10-23(18(2)12-17)34-28(36)26-19(3)33-29-31-16-32-35(29)27(26)21-9-11-24(25(14-21)37-4)38-15-20-6-5-7-22(30)13-20/h5-14,16,27H,15H2,1-4H3,(H,34,36)(H,31,32,33). The van der Waals surface area contributed by atoms with Crippen molar-refractivity contribution in [1.29, 1.82) is 0 Å². The third-order valence-electron chi connectivity index (χ3n) is 6.46. The van der Waals surface area contributed by atoms with Crippen molar-refractivity contribution >= 4 is 33.5 Å². The van der Waals surface area contributed by atoms with Crippen LogP contribution in [-0.4, -0.2) is 27.8 Å². The monoisotopic (exact) mass is 573 g/mol. The zero-order chi connectivity index (χ0) is 26.8. The largest absolute Gasteiger partial charge is 0.493 e. The first kappa shape index (κ1) is 25.5. The molecule has 0 saturated carbocycles. The van der Waals surface area contributed by atoms with Crippen molar-refractivity contribution in [3.05, 3.63) is 105 Å². The summed E-state index contributed by atoms with van der Waals surface area (Å²) in [5.74, 6) is 1.50. The van der Waals surface area contributed by atoms with Crippen LogP contribution in [0.1, 0.15) is 35.2 Å². The smallest absolute Gasteiger partial charge is 0.255 e. The summed E-state index contributed by atoms with van der Waals surface area (Å²) in [7, 11) is 1.60. The van der Waals surface area contributed by atoms with E-state index in [0.717, 1.165) is 32.4 Å². The number of ether oxygens (including phenoxy) is 2. The van der Waals surface area contributed by atoms with E-state index in [0.29, 0.717) is 35.3 Å². The van der Waals surface area contributed by atoms with E-state index in [4.69, 9.17) is 9.47 Å². The number of nitrogens with zero attached hydrogens (tertiary/aromatic N) is 3. The first-order chi connectivity index (χ1) is 18.3. The molecule has 5 rings (SSSR count). The molecule has 3 aromatic carbocycles. The summed E-state index contributed by atoms with van der Waals surface area (Å²) in [6.07, 6.45) is 1.47. The van der Waals surface area contributed by atoms with Crippen LogP contribution in [0.4, 0.5) is 11.6 Å². The van der Waals surface area contributed by atoms with Crippen molar-refractivity contribution in [2.45, 2.75) is 33.4 Å². The molecule has 0 aliphatic carbocycles. The second kappa shape index (κ2) is 10.7. The Kier molecular flexibility index (Phi) is 7.20. The number of allylic oxidation sites excluding steroid dienone is 1. The fourth-order valence-corrected chi connectivity index (χ4v) is 5.04. The first-order valence-electron chi connectivity index (χ1n) is 12.1. The van der Waals surface area contributed by atoms with Gasteiger partial charge >= 0.3 is 0 Å². The molecular weight excluding hydrogens is 546 g/mol. The summed E-state index contributed by atoms with van der Waals surface area (Å²) in [5.41, 5.74) is 5.97. The number of amides is 1. The first-order valence-corrected chi connectivity index (χ1v) is 12.9. The number of hydrogen-bond acceptors (Lipinski definition) is 6. The van der Waals surface area contributed by atoms with Crippen molar-refractivity contribution in [3.63, 3.8) is 0 Å². The van der Waals surface area contributed by atoms with Crippen molar-refractivity contribution in [2.75, 3.05) is 17.7 Å². The third-order valence-corrected chi connectivity index (χ3v) is 6.95. The lowest BCUT2D eigenvalue weighted by atomic mass is 9.94. The molecule has 1 aromatic heterocycles. The molecule has 0 saturated heterocycles. The van der Waals surface area contributed by atoms with E-state index >= 15 is 0 Å². The molecule has 1 aliphatic rings. The summed E-state index contributed by atoms with van der Waals surface area (Å²) in [6, 6.07) is 19.0. The van der Waals surface area contributed by atoms with Gasteiger partial charge in [0.15, 0.2) is 11.5 Å². The van der Waals surface area contributed by atoms with Crippen LogP contribution in [0.5, 0.6) is 11.5 Å². The van der Waals surface area contributed by atoms with Gasteiger partial charge in [-0.05, 0) is 67.8 Å². The topological polar surface area (TPSA) is 90.3 Å². The highest BCUT2D eigenvalue weighted by molar-refractivity contribution is 9.10. The number of fused-ring (bicyclic) bond motifs is 1. The van der Waals surface area contributed by atoms with Crippen molar-refractivity contribution < 1.29 is 14.3 Å². The lowest BCUT2D eigenvalue weighted by Gasteiger charge is -2.29. The van der Waals surface area contributed by atoms with Gasteiger partial charge in [0.25, 0.3) is 5.91 Å². The Morgan fingerprint density at radius 3 is 2.68 bits per heavy atom. The van der Waals surface area contributed by atoms with E-state index < -0.39 is 6.04 Å². The van der Waals surface area contributed by atoms with Gasteiger partial charge in [-0.25, -0.2) is 4.68 Å². The van der Waals surface area contributed by atoms with Gasteiger partial charge in [-0.3, -0.25) is 4.79 Å². The number of benzene rings is 3. The van der Waals surface area contributed by atoms with Crippen molar-refractivity contribution in [1.82, 2.24) is 14.8 Å². The van der Waals surface area contributed by atoms with Gasteiger partial charge in [0, 0.05) is 15.9 Å². The molecule has 0 bridgehead atoms. The molecule has 8 nitrogen and oxygen atoms in total. The van der Waals surface area contributed by atoms with Gasteiger partial charge in [-0.15, -0.1) is 0 Å². The van der Waals surface area contributed by atoms with Crippen LogP contribution < -0.4 is 20.1 Å². The van der Waals surface area contributed by atoms with E-state index in [-0.39, 0.29) is 5.91 Å². The number of anilines is 2. The van der Waals surface area contributed by atoms with Crippen LogP contribution >= 0.6 is 15.9 Å². The normalized spacial score (nSPS) is 14.5. The molecule has 38 heavy (non-hydrogen) atoms. The maximum atomic E-state index is 13.7. The number of aromatic nitrogens is 3. The number of carbonyl (C=O) groups excluding carboxylic acids is 1. The van der Waals surface area contributed by atoms with Crippen molar-refractivity contribution in [3.8, 4) is 11.5 Å². The Bertz CT molecular complexity index is 1540. The molecule has 2 heterocycles. The summed E-state index contributed by atoms with van der Waals surface area (Å²) in [6.45, 7) is 6.26. The van der Waals surface area contributed by atoms with E-state index in [9.17, 15) is 4.79 Å². The molecule has 194 valence electrons. The highest BCUT2D eigenvalue weighted by Gasteiger charge is 2.34. The minimum absolute atomic E-state index is 0.220. The van der Waals surface area contributed by atoms with Gasteiger partial charge in [0.1, 0.15) is 19.0 Å². The number of rotatable bonds is 7. The molecule has 0 radical (unpaired) electrons. The minimum atomic E-state index is -0.521. The quantitative estimate of drug-likeness (QED) is 0.274. The summed E-state index contributed by atoms with van der Waals surface area (Å²) in [4.78, 5) is 18.0. The zero-order valence-electron chi connectivity index (χ0n) is 21.6. The number of hydrogen-bond donors (Lipinski definition) is 2. The Morgan fingerprint density at radius 1 is 1.08 bits per heavy atom. The lowest BCUT2D eigenvalue weighted by molar-refractivity contribution is -0.113. The Morgan fingerprint density at radius 2 is 1.92 bits per heavy atom. The summed E-state index contributed by atoms with van der Waals surface area (Å²) < 4.78 is 14.5. The number of halogens is 1. The van der Waals surface area contributed by atoms with E-state index in [1.807, 2.05) is 81.4 Å².